The van der Waals surface area contributed by atoms with Gasteiger partial charge in [-0.2, -0.15) is 0 Å². The van der Waals surface area contributed by atoms with Gasteiger partial charge in [-0.1, -0.05) is 117 Å². The molecule has 0 amide bonds. The quantitative estimate of drug-likeness (QED) is 0.0640. The fourth-order valence-electron chi connectivity index (χ4n) is 4.17. The van der Waals surface area contributed by atoms with E-state index < -0.39 is 7.25 Å². The van der Waals surface area contributed by atoms with Crippen LogP contribution in [0.4, 0.5) is 17.3 Å². The standard InChI is InChI=1S/C26H56N.BF4/c1-5-7-9-11-13-15-17-19-21-23-25-27(3,4)26-24-22-20-18-16-14-12-10-8-6-2;2-1(3,4)5/h5-26H2,1-4H3;/q+1;-1. The summed E-state index contributed by atoms with van der Waals surface area (Å²) in [5.41, 5.74) is 0. The monoisotopic (exact) mass is 469 g/mol. The summed E-state index contributed by atoms with van der Waals surface area (Å²) in [5.74, 6) is 0. The van der Waals surface area contributed by atoms with Gasteiger partial charge in [-0.25, -0.2) is 0 Å². The smallest absolute Gasteiger partial charge is 0.418 e. The molecule has 0 atom stereocenters. The lowest BCUT2D eigenvalue weighted by Gasteiger charge is -2.30. The number of unbranched alkanes of at least 4 members (excludes halogenated alkanes) is 18. The minimum atomic E-state index is -6.00. The molecule has 0 rings (SSSR count). The molecule has 1 nitrogen and oxygen atoms in total. The van der Waals surface area contributed by atoms with E-state index in [4.69, 9.17) is 0 Å². The van der Waals surface area contributed by atoms with Crippen molar-refractivity contribution < 1.29 is 21.7 Å². The summed E-state index contributed by atoms with van der Waals surface area (Å²) in [4.78, 5) is 0. The lowest BCUT2D eigenvalue weighted by Crippen LogP contribution is -2.41. The Balaban J connectivity index is 0. The Morgan fingerprint density at radius 3 is 0.812 bits per heavy atom. The third-order valence-corrected chi connectivity index (χ3v) is 6.23. The van der Waals surface area contributed by atoms with Gasteiger partial charge in [0, 0.05) is 0 Å². The van der Waals surface area contributed by atoms with Crippen molar-refractivity contribution in [2.24, 2.45) is 0 Å². The Kier molecular flexibility index (Phi) is 25.3. The van der Waals surface area contributed by atoms with Gasteiger partial charge < -0.3 is 21.7 Å². The van der Waals surface area contributed by atoms with Crippen molar-refractivity contribution in [2.45, 2.75) is 142 Å². The number of halogens is 4. The highest BCUT2D eigenvalue weighted by molar-refractivity contribution is 6.50. The Bertz CT molecular complexity index is 330. The zero-order chi connectivity index (χ0) is 24.6. The Morgan fingerprint density at radius 2 is 0.594 bits per heavy atom. The van der Waals surface area contributed by atoms with Crippen molar-refractivity contribution in [3.05, 3.63) is 0 Å². The van der Waals surface area contributed by atoms with Gasteiger partial charge in [0.2, 0.25) is 0 Å². The molecule has 32 heavy (non-hydrogen) atoms. The maximum absolute atomic E-state index is 9.75. The van der Waals surface area contributed by atoms with Gasteiger partial charge >= 0.3 is 7.25 Å². The molecular formula is C26H56BF4N. The molecular weight excluding hydrogens is 413 g/mol. The van der Waals surface area contributed by atoms with Gasteiger partial charge in [-0.15, -0.1) is 0 Å². The maximum atomic E-state index is 9.75. The molecule has 0 unspecified atom stereocenters. The van der Waals surface area contributed by atoms with Crippen molar-refractivity contribution in [1.82, 2.24) is 0 Å². The van der Waals surface area contributed by atoms with Crippen LogP contribution in [-0.4, -0.2) is 38.9 Å². The van der Waals surface area contributed by atoms with Crippen LogP contribution < -0.4 is 0 Å². The number of rotatable bonds is 22. The topological polar surface area (TPSA) is 0 Å². The van der Waals surface area contributed by atoms with Crippen molar-refractivity contribution in [3.63, 3.8) is 0 Å². The van der Waals surface area contributed by atoms with E-state index in [0.717, 1.165) is 0 Å². The molecule has 0 radical (unpaired) electrons. The van der Waals surface area contributed by atoms with Crippen molar-refractivity contribution in [1.29, 1.82) is 0 Å². The van der Waals surface area contributed by atoms with Crippen molar-refractivity contribution in [2.75, 3.05) is 27.2 Å². The largest absolute Gasteiger partial charge is 0.673 e. The molecule has 0 bridgehead atoms. The predicted octanol–water partition coefficient (Wildman–Crippen LogP) is 10.2. The first-order chi connectivity index (χ1) is 15.1. The van der Waals surface area contributed by atoms with E-state index in [1.807, 2.05) is 0 Å². The maximum Gasteiger partial charge on any atom is 0.673 e. The molecule has 0 fully saturated rings. The molecule has 0 saturated carbocycles. The fourth-order valence-corrected chi connectivity index (χ4v) is 4.17. The highest BCUT2D eigenvalue weighted by Crippen LogP contribution is 2.14. The lowest BCUT2D eigenvalue weighted by molar-refractivity contribution is -0.890. The second-order valence-corrected chi connectivity index (χ2v) is 10.2. The van der Waals surface area contributed by atoms with Gasteiger partial charge in [0.1, 0.15) is 0 Å². The molecule has 0 heterocycles. The number of hydrogen-bond donors (Lipinski definition) is 0. The molecule has 0 aliphatic heterocycles. The van der Waals surface area contributed by atoms with E-state index >= 15 is 0 Å². The number of hydrogen-bond acceptors (Lipinski definition) is 0. The first kappa shape index (κ1) is 33.9. The Morgan fingerprint density at radius 1 is 0.406 bits per heavy atom. The molecule has 0 spiro atoms. The van der Waals surface area contributed by atoms with Crippen LogP contribution in [0, 0.1) is 0 Å². The zero-order valence-corrected chi connectivity index (χ0v) is 22.1. The summed E-state index contributed by atoms with van der Waals surface area (Å²) < 4.78 is 40.2. The predicted molar refractivity (Wildman–Crippen MR) is 136 cm³/mol. The lowest BCUT2D eigenvalue weighted by atomic mass is 10.1. The normalized spacial score (nSPS) is 12.0. The second kappa shape index (κ2) is 23.9. The highest BCUT2D eigenvalue weighted by atomic mass is 19.5. The molecule has 0 aliphatic rings. The SMILES string of the molecule is CCCCCCCCCCCC[N+](C)(C)CCCCCCCCCCCC.F[B-](F)(F)F. The minimum Gasteiger partial charge on any atom is -0.418 e. The van der Waals surface area contributed by atoms with E-state index in [9.17, 15) is 17.3 Å². The number of quaternary nitrogens is 1. The third-order valence-electron chi connectivity index (χ3n) is 6.23. The summed E-state index contributed by atoms with van der Waals surface area (Å²) in [6.45, 7) is 7.37. The van der Waals surface area contributed by atoms with Crippen molar-refractivity contribution in [3.8, 4) is 0 Å². The fraction of sp³-hybridized carbons (Fsp3) is 1.00. The molecule has 6 heteroatoms. The Labute approximate surface area is 198 Å². The molecule has 0 aromatic rings. The summed E-state index contributed by atoms with van der Waals surface area (Å²) in [5, 5.41) is 0. The average Bonchev–Trinajstić information content (AvgIpc) is 2.69. The van der Waals surface area contributed by atoms with E-state index in [2.05, 4.69) is 27.9 Å². The van der Waals surface area contributed by atoms with E-state index in [0.29, 0.717) is 0 Å². The van der Waals surface area contributed by atoms with Crippen LogP contribution in [0.3, 0.4) is 0 Å². The minimum absolute atomic E-state index is 1.24. The van der Waals surface area contributed by atoms with Crippen LogP contribution in [0.1, 0.15) is 142 Å². The van der Waals surface area contributed by atoms with Crippen LogP contribution in [0.25, 0.3) is 0 Å². The molecule has 0 aromatic carbocycles. The van der Waals surface area contributed by atoms with Gasteiger partial charge in [0.05, 0.1) is 27.2 Å². The molecule has 0 saturated heterocycles. The average molecular weight is 470 g/mol. The van der Waals surface area contributed by atoms with Gasteiger partial charge in [-0.05, 0) is 25.7 Å². The van der Waals surface area contributed by atoms with E-state index in [1.54, 1.807) is 0 Å². The third kappa shape index (κ3) is 37.1. The first-order valence-corrected chi connectivity index (χ1v) is 13.8. The van der Waals surface area contributed by atoms with Crippen molar-refractivity contribution >= 4 is 7.25 Å². The van der Waals surface area contributed by atoms with E-state index in [-0.39, 0.29) is 0 Å². The van der Waals surface area contributed by atoms with Crippen LogP contribution in [-0.2, 0) is 0 Å². The zero-order valence-electron chi connectivity index (χ0n) is 22.1. The Hall–Kier alpha value is -0.255. The van der Waals surface area contributed by atoms with Crippen LogP contribution >= 0.6 is 0 Å². The van der Waals surface area contributed by atoms with Crippen LogP contribution in [0.2, 0.25) is 0 Å². The summed E-state index contributed by atoms with van der Waals surface area (Å²) in [6.07, 6.45) is 29.0. The molecule has 0 N–H and O–H groups in total. The van der Waals surface area contributed by atoms with Crippen LogP contribution in [0.15, 0.2) is 0 Å². The van der Waals surface area contributed by atoms with Crippen LogP contribution in [0.5, 0.6) is 0 Å². The summed E-state index contributed by atoms with van der Waals surface area (Å²) in [6, 6.07) is 0. The highest BCUT2D eigenvalue weighted by Gasteiger charge is 2.20. The second-order valence-electron chi connectivity index (χ2n) is 10.2. The van der Waals surface area contributed by atoms with Gasteiger partial charge in [0.25, 0.3) is 0 Å². The molecule has 196 valence electrons. The molecule has 0 aliphatic carbocycles. The van der Waals surface area contributed by atoms with Gasteiger partial charge in [0.15, 0.2) is 0 Å². The van der Waals surface area contributed by atoms with E-state index in [1.165, 1.54) is 146 Å². The first-order valence-electron chi connectivity index (χ1n) is 13.8. The number of nitrogens with zero attached hydrogens (tertiary/aromatic N) is 1. The summed E-state index contributed by atoms with van der Waals surface area (Å²) in [7, 11) is -1.11. The summed E-state index contributed by atoms with van der Waals surface area (Å²) >= 11 is 0. The molecule has 0 aromatic heterocycles. The van der Waals surface area contributed by atoms with Gasteiger partial charge in [-0.3, -0.25) is 0 Å².